The van der Waals surface area contributed by atoms with Crippen LogP contribution in [0.1, 0.15) is 80.0 Å². The summed E-state index contributed by atoms with van der Waals surface area (Å²) in [6.45, 7) is 7.78. The Balaban J connectivity index is 1.01. The van der Waals surface area contributed by atoms with Crippen molar-refractivity contribution in [3.63, 3.8) is 0 Å². The first kappa shape index (κ1) is 21.7. The lowest BCUT2D eigenvalue weighted by Gasteiger charge is -2.30. The third kappa shape index (κ3) is 3.49. The van der Waals surface area contributed by atoms with Gasteiger partial charge in [0, 0.05) is 33.8 Å². The van der Waals surface area contributed by atoms with Crippen molar-refractivity contribution in [1.82, 2.24) is 25.3 Å². The summed E-state index contributed by atoms with van der Waals surface area (Å²) in [7, 11) is 0. The number of aryl methyl sites for hydroxylation is 2. The number of nitrogens with zero attached hydrogens (tertiary/aromatic N) is 2. The topological polar surface area (TPSA) is 69.4 Å². The van der Waals surface area contributed by atoms with Gasteiger partial charge in [-0.3, -0.25) is 0 Å². The quantitative estimate of drug-likeness (QED) is 0.316. The van der Waals surface area contributed by atoms with Crippen molar-refractivity contribution in [3.8, 4) is 23.1 Å². The Bertz CT molecular complexity index is 1650. The first-order chi connectivity index (χ1) is 17.9. The van der Waals surface area contributed by atoms with Gasteiger partial charge in [0.1, 0.15) is 11.6 Å². The average molecular weight is 488 g/mol. The molecule has 2 heterocycles. The monoisotopic (exact) mass is 487 g/mol. The second-order valence-electron chi connectivity index (χ2n) is 12.6. The standard InChI is InChI=1S/C32H33N5/c1-18-14-32(18,3)33-17-28-34-25-10-7-20(13-27(25)35-28)5-4-19-6-9-22-21(12-19)8-11-26-29(22)37-30(36-26)23-15-31(2)16-24(23)31/h6-7,9-10,12-13,18,23-24,33H,8,11,14-17H2,1-3H3,(H,34,35)(H,36,37)/t18?,23-,24?,31+,32-/m1/s1. The van der Waals surface area contributed by atoms with E-state index in [-0.39, 0.29) is 5.54 Å². The summed E-state index contributed by atoms with van der Waals surface area (Å²) in [5.74, 6) is 11.2. The summed E-state index contributed by atoms with van der Waals surface area (Å²) >= 11 is 0. The Labute approximate surface area is 217 Å². The van der Waals surface area contributed by atoms with Crippen LogP contribution in [0.25, 0.3) is 22.3 Å². The van der Waals surface area contributed by atoms with Crippen LogP contribution in [0.15, 0.2) is 36.4 Å². The van der Waals surface area contributed by atoms with E-state index in [2.05, 4.69) is 84.3 Å². The van der Waals surface area contributed by atoms with Gasteiger partial charge in [0.05, 0.1) is 23.3 Å². The highest BCUT2D eigenvalue weighted by Gasteiger charge is 2.64. The summed E-state index contributed by atoms with van der Waals surface area (Å²) in [5.41, 5.74) is 10.1. The molecule has 4 aliphatic rings. The van der Waals surface area contributed by atoms with E-state index in [4.69, 9.17) is 9.97 Å². The van der Waals surface area contributed by atoms with Crippen LogP contribution in [0, 0.1) is 29.1 Å². The number of fused-ring (bicyclic) bond motifs is 5. The van der Waals surface area contributed by atoms with Crippen molar-refractivity contribution < 1.29 is 0 Å². The molecule has 2 aromatic heterocycles. The number of aromatic amines is 2. The Morgan fingerprint density at radius 3 is 2.54 bits per heavy atom. The summed E-state index contributed by atoms with van der Waals surface area (Å²) < 4.78 is 0. The zero-order valence-corrected chi connectivity index (χ0v) is 21.8. The van der Waals surface area contributed by atoms with Gasteiger partial charge < -0.3 is 15.3 Å². The molecule has 0 amide bonds. The summed E-state index contributed by atoms with van der Waals surface area (Å²) in [6, 6.07) is 12.9. The van der Waals surface area contributed by atoms with Gasteiger partial charge in [-0.05, 0) is 92.2 Å². The molecular formula is C32H33N5. The number of H-pyrrole nitrogens is 2. The molecule has 4 aliphatic carbocycles. The highest BCUT2D eigenvalue weighted by atomic mass is 15.1. The van der Waals surface area contributed by atoms with Crippen LogP contribution in [0.2, 0.25) is 0 Å². The number of imidazole rings is 2. The van der Waals surface area contributed by atoms with Gasteiger partial charge in [-0.2, -0.15) is 0 Å². The smallest absolute Gasteiger partial charge is 0.121 e. The van der Waals surface area contributed by atoms with Gasteiger partial charge >= 0.3 is 0 Å². The molecule has 8 rings (SSSR count). The van der Waals surface area contributed by atoms with E-state index < -0.39 is 0 Å². The van der Waals surface area contributed by atoms with E-state index in [1.807, 2.05) is 0 Å². The van der Waals surface area contributed by atoms with Crippen LogP contribution in [-0.4, -0.2) is 25.5 Å². The Morgan fingerprint density at radius 1 is 0.973 bits per heavy atom. The van der Waals surface area contributed by atoms with Crippen LogP contribution >= 0.6 is 0 Å². The minimum atomic E-state index is 0.265. The fraction of sp³-hybridized carbons (Fsp3) is 0.438. The highest BCUT2D eigenvalue weighted by molar-refractivity contribution is 5.77. The number of aromatic nitrogens is 4. The SMILES string of the molecule is CC1C[C@@]1(C)NCc1nc2ccc(C#Cc3ccc4c(c3)CCc3[nH]c([C@@H]5C[C@@]6(C)CC56)nc3-4)cc2[nH]1. The molecule has 5 nitrogen and oxygen atoms in total. The highest BCUT2D eigenvalue weighted by Crippen LogP contribution is 2.73. The Morgan fingerprint density at radius 2 is 1.78 bits per heavy atom. The molecule has 4 aromatic rings. The van der Waals surface area contributed by atoms with E-state index in [0.717, 1.165) is 59.2 Å². The molecule has 0 saturated heterocycles. The van der Waals surface area contributed by atoms with E-state index in [1.54, 1.807) is 0 Å². The van der Waals surface area contributed by atoms with Crippen LogP contribution in [0.5, 0.6) is 0 Å². The molecule has 0 spiro atoms. The Kier molecular flexibility index (Phi) is 4.32. The maximum absolute atomic E-state index is 5.10. The molecule has 0 aliphatic heterocycles. The van der Waals surface area contributed by atoms with Crippen LogP contribution in [0.3, 0.4) is 0 Å². The number of rotatable bonds is 4. The third-order valence-electron chi connectivity index (χ3n) is 9.95. The van der Waals surface area contributed by atoms with Gasteiger partial charge in [0.2, 0.25) is 0 Å². The summed E-state index contributed by atoms with van der Waals surface area (Å²) in [5, 5.41) is 3.64. The molecule has 2 unspecified atom stereocenters. The maximum Gasteiger partial charge on any atom is 0.121 e. The average Bonchev–Trinajstić information content (AvgIpc) is 3.43. The minimum Gasteiger partial charge on any atom is -0.345 e. The lowest BCUT2D eigenvalue weighted by atomic mass is 9.76. The predicted molar refractivity (Wildman–Crippen MR) is 146 cm³/mol. The second-order valence-corrected chi connectivity index (χ2v) is 12.6. The zero-order valence-electron chi connectivity index (χ0n) is 21.8. The number of hydrogen-bond acceptors (Lipinski definition) is 3. The van der Waals surface area contributed by atoms with E-state index in [9.17, 15) is 0 Å². The molecule has 3 N–H and O–H groups in total. The largest absolute Gasteiger partial charge is 0.345 e. The van der Waals surface area contributed by atoms with Gasteiger partial charge in [-0.1, -0.05) is 31.8 Å². The summed E-state index contributed by atoms with van der Waals surface area (Å²) in [6.07, 6.45) is 5.99. The molecule has 0 radical (unpaired) electrons. The van der Waals surface area contributed by atoms with Crippen molar-refractivity contribution in [2.45, 2.75) is 70.9 Å². The first-order valence-electron chi connectivity index (χ1n) is 13.8. The van der Waals surface area contributed by atoms with Gasteiger partial charge in [-0.15, -0.1) is 0 Å². The number of benzene rings is 2. The second kappa shape index (κ2) is 7.36. The summed E-state index contributed by atoms with van der Waals surface area (Å²) in [4.78, 5) is 17.0. The van der Waals surface area contributed by atoms with Crippen LogP contribution in [0.4, 0.5) is 0 Å². The maximum atomic E-state index is 5.10. The van der Waals surface area contributed by atoms with Crippen LogP contribution in [-0.2, 0) is 19.4 Å². The molecule has 37 heavy (non-hydrogen) atoms. The molecule has 2 aromatic carbocycles. The van der Waals surface area contributed by atoms with Crippen molar-refractivity contribution in [3.05, 3.63) is 70.4 Å². The fourth-order valence-electron chi connectivity index (χ4n) is 6.93. The third-order valence-corrected chi connectivity index (χ3v) is 9.95. The van der Waals surface area contributed by atoms with Gasteiger partial charge in [-0.25, -0.2) is 9.97 Å². The number of nitrogens with one attached hydrogen (secondary N) is 3. The fourth-order valence-corrected chi connectivity index (χ4v) is 6.93. The minimum absolute atomic E-state index is 0.265. The van der Waals surface area contributed by atoms with Crippen molar-refractivity contribution in [2.24, 2.45) is 17.3 Å². The lowest BCUT2D eigenvalue weighted by molar-refractivity contribution is 0.262. The zero-order chi connectivity index (χ0) is 24.9. The lowest BCUT2D eigenvalue weighted by Crippen LogP contribution is -2.29. The molecule has 186 valence electrons. The Hall–Kier alpha value is -3.36. The van der Waals surface area contributed by atoms with E-state index in [0.29, 0.717) is 11.3 Å². The van der Waals surface area contributed by atoms with Crippen molar-refractivity contribution in [1.29, 1.82) is 0 Å². The molecule has 0 bridgehead atoms. The predicted octanol–water partition coefficient (Wildman–Crippen LogP) is 5.85. The number of hydrogen-bond donors (Lipinski definition) is 3. The molecule has 5 atom stereocenters. The van der Waals surface area contributed by atoms with Gasteiger partial charge in [0.15, 0.2) is 0 Å². The normalized spacial score (nSPS) is 30.5. The molecule has 5 heteroatoms. The molecule has 3 saturated carbocycles. The van der Waals surface area contributed by atoms with E-state index in [1.165, 1.54) is 47.6 Å². The molecule has 3 fully saturated rings. The molecular weight excluding hydrogens is 454 g/mol. The van der Waals surface area contributed by atoms with E-state index >= 15 is 0 Å². The van der Waals surface area contributed by atoms with Crippen LogP contribution < -0.4 is 5.32 Å². The van der Waals surface area contributed by atoms with Crippen molar-refractivity contribution in [2.75, 3.05) is 0 Å². The van der Waals surface area contributed by atoms with Gasteiger partial charge in [0.25, 0.3) is 0 Å². The van der Waals surface area contributed by atoms with Crippen molar-refractivity contribution >= 4 is 11.0 Å². The first-order valence-corrected chi connectivity index (χ1v) is 13.8.